The quantitative estimate of drug-likeness (QED) is 0.887. The van der Waals surface area contributed by atoms with E-state index in [1.54, 1.807) is 0 Å². The van der Waals surface area contributed by atoms with Gasteiger partial charge in [0.05, 0.1) is 6.42 Å². The minimum Gasteiger partial charge on any atom is -0.486 e. The molecule has 1 heterocycles. The maximum atomic E-state index is 12.3. The highest BCUT2D eigenvalue weighted by molar-refractivity contribution is 5.80. The van der Waals surface area contributed by atoms with Gasteiger partial charge in [0, 0.05) is 11.6 Å². The molecule has 1 fully saturated rings. The Hall–Kier alpha value is -1.75. The van der Waals surface area contributed by atoms with Gasteiger partial charge in [0.25, 0.3) is 0 Å². The fourth-order valence-electron chi connectivity index (χ4n) is 3.27. The van der Waals surface area contributed by atoms with Crippen LogP contribution in [0.25, 0.3) is 0 Å². The van der Waals surface area contributed by atoms with Crippen LogP contribution in [-0.2, 0) is 11.2 Å². The first-order valence-electron chi connectivity index (χ1n) is 8.13. The van der Waals surface area contributed by atoms with E-state index in [0.29, 0.717) is 25.6 Å². The third kappa shape index (κ3) is 3.53. The molecular weight excluding hydrogens is 280 g/mol. The van der Waals surface area contributed by atoms with Crippen molar-refractivity contribution in [1.82, 2.24) is 5.32 Å². The second-order valence-electron chi connectivity index (χ2n) is 6.14. The van der Waals surface area contributed by atoms with Gasteiger partial charge in [0.15, 0.2) is 11.5 Å². The summed E-state index contributed by atoms with van der Waals surface area (Å²) >= 11 is 0. The average Bonchev–Trinajstić information content (AvgIpc) is 2.56. The summed E-state index contributed by atoms with van der Waals surface area (Å²) < 4.78 is 11.2. The summed E-state index contributed by atoms with van der Waals surface area (Å²) in [7, 11) is 0. The smallest absolute Gasteiger partial charge is 0.224 e. The number of ether oxygens (including phenoxy) is 2. The number of fused-ring (bicyclic) bond motifs is 1. The Kier molecular flexibility index (Phi) is 4.83. The van der Waals surface area contributed by atoms with Crippen LogP contribution < -0.4 is 20.5 Å². The Balaban J connectivity index is 1.56. The molecule has 3 rings (SSSR count). The van der Waals surface area contributed by atoms with Crippen LogP contribution in [0.15, 0.2) is 18.2 Å². The van der Waals surface area contributed by atoms with Gasteiger partial charge in [-0.2, -0.15) is 0 Å². The van der Waals surface area contributed by atoms with Gasteiger partial charge in [0.2, 0.25) is 5.91 Å². The Bertz CT molecular complexity index is 525. The summed E-state index contributed by atoms with van der Waals surface area (Å²) in [4.78, 5) is 12.3. The summed E-state index contributed by atoms with van der Waals surface area (Å²) in [5.74, 6) is 2.13. The van der Waals surface area contributed by atoms with E-state index >= 15 is 0 Å². The highest BCUT2D eigenvalue weighted by Gasteiger charge is 2.23. The lowest BCUT2D eigenvalue weighted by Gasteiger charge is -2.28. The number of hydrogen-bond acceptors (Lipinski definition) is 4. The first kappa shape index (κ1) is 15.2. The standard InChI is InChI=1S/C17H24N2O3/c18-11-12-4-6-14(7-5-12)19-16(20)10-13-2-1-3-15-17(13)22-9-8-21-15/h1-3,12,14H,4-11,18H2,(H,19,20). The van der Waals surface area contributed by atoms with Gasteiger partial charge < -0.3 is 20.5 Å². The van der Waals surface area contributed by atoms with Gasteiger partial charge in [-0.25, -0.2) is 0 Å². The van der Waals surface area contributed by atoms with Gasteiger partial charge in [-0.1, -0.05) is 12.1 Å². The molecule has 22 heavy (non-hydrogen) atoms. The number of para-hydroxylation sites is 1. The molecule has 0 spiro atoms. The van der Waals surface area contributed by atoms with Crippen LogP contribution in [0.2, 0.25) is 0 Å². The molecule has 0 atom stereocenters. The fraction of sp³-hybridized carbons (Fsp3) is 0.588. The van der Waals surface area contributed by atoms with Crippen molar-refractivity contribution in [2.75, 3.05) is 19.8 Å². The number of nitrogens with one attached hydrogen (secondary N) is 1. The molecule has 1 aromatic rings. The monoisotopic (exact) mass is 304 g/mol. The molecule has 2 aliphatic rings. The maximum absolute atomic E-state index is 12.3. The lowest BCUT2D eigenvalue weighted by atomic mass is 9.86. The molecule has 5 nitrogen and oxygen atoms in total. The van der Waals surface area contributed by atoms with Crippen molar-refractivity contribution in [2.45, 2.75) is 38.1 Å². The average molecular weight is 304 g/mol. The van der Waals surface area contributed by atoms with E-state index in [-0.39, 0.29) is 11.9 Å². The number of benzene rings is 1. The first-order chi connectivity index (χ1) is 10.8. The molecule has 5 heteroatoms. The van der Waals surface area contributed by atoms with Crippen LogP contribution in [0.4, 0.5) is 0 Å². The van der Waals surface area contributed by atoms with Crippen LogP contribution >= 0.6 is 0 Å². The molecule has 1 saturated carbocycles. The Labute approximate surface area is 131 Å². The van der Waals surface area contributed by atoms with Gasteiger partial charge in [0.1, 0.15) is 13.2 Å². The number of nitrogens with two attached hydrogens (primary N) is 1. The van der Waals surface area contributed by atoms with Crippen molar-refractivity contribution in [2.24, 2.45) is 11.7 Å². The molecular formula is C17H24N2O3. The molecule has 0 radical (unpaired) electrons. The topological polar surface area (TPSA) is 73.6 Å². The molecule has 1 aliphatic heterocycles. The number of hydrogen-bond donors (Lipinski definition) is 2. The summed E-state index contributed by atoms with van der Waals surface area (Å²) in [6.07, 6.45) is 4.61. The van der Waals surface area contributed by atoms with Crippen molar-refractivity contribution < 1.29 is 14.3 Å². The van der Waals surface area contributed by atoms with Crippen LogP contribution in [-0.4, -0.2) is 31.7 Å². The third-order valence-electron chi connectivity index (χ3n) is 4.54. The molecule has 3 N–H and O–H groups in total. The third-order valence-corrected chi connectivity index (χ3v) is 4.54. The minimum atomic E-state index is 0.0544. The lowest BCUT2D eigenvalue weighted by molar-refractivity contribution is -0.121. The zero-order valence-corrected chi connectivity index (χ0v) is 12.8. The molecule has 120 valence electrons. The summed E-state index contributed by atoms with van der Waals surface area (Å²) in [6, 6.07) is 6.00. The Morgan fingerprint density at radius 3 is 2.73 bits per heavy atom. The Morgan fingerprint density at radius 2 is 1.95 bits per heavy atom. The Morgan fingerprint density at radius 1 is 1.18 bits per heavy atom. The normalized spacial score (nSPS) is 23.9. The first-order valence-corrected chi connectivity index (χ1v) is 8.13. The van der Waals surface area contributed by atoms with E-state index < -0.39 is 0 Å². The zero-order valence-electron chi connectivity index (χ0n) is 12.8. The van der Waals surface area contributed by atoms with Crippen LogP contribution in [0, 0.1) is 5.92 Å². The van der Waals surface area contributed by atoms with Crippen molar-refractivity contribution in [3.63, 3.8) is 0 Å². The van der Waals surface area contributed by atoms with Crippen LogP contribution in [0.1, 0.15) is 31.2 Å². The molecule has 0 saturated heterocycles. The second kappa shape index (κ2) is 7.01. The molecule has 1 amide bonds. The van der Waals surface area contributed by atoms with Crippen molar-refractivity contribution in [3.8, 4) is 11.5 Å². The highest BCUT2D eigenvalue weighted by Crippen LogP contribution is 2.34. The summed E-state index contributed by atoms with van der Waals surface area (Å²) in [6.45, 7) is 1.86. The van der Waals surface area contributed by atoms with E-state index in [1.807, 2.05) is 18.2 Å². The molecule has 1 aliphatic carbocycles. The van der Waals surface area contributed by atoms with Gasteiger partial charge in [-0.15, -0.1) is 0 Å². The van der Waals surface area contributed by atoms with E-state index in [0.717, 1.165) is 49.3 Å². The van der Waals surface area contributed by atoms with Gasteiger partial charge >= 0.3 is 0 Å². The molecule has 0 bridgehead atoms. The summed E-state index contributed by atoms with van der Waals surface area (Å²) in [5.41, 5.74) is 6.60. The second-order valence-corrected chi connectivity index (χ2v) is 6.14. The van der Waals surface area contributed by atoms with E-state index in [1.165, 1.54) is 0 Å². The van der Waals surface area contributed by atoms with Gasteiger partial charge in [-0.05, 0) is 44.2 Å². The van der Waals surface area contributed by atoms with Crippen molar-refractivity contribution in [1.29, 1.82) is 0 Å². The molecule has 1 aromatic carbocycles. The highest BCUT2D eigenvalue weighted by atomic mass is 16.6. The van der Waals surface area contributed by atoms with E-state index in [4.69, 9.17) is 15.2 Å². The molecule has 0 unspecified atom stereocenters. The number of carbonyl (C=O) groups excluding carboxylic acids is 1. The minimum absolute atomic E-state index is 0.0544. The van der Waals surface area contributed by atoms with Crippen LogP contribution in [0.3, 0.4) is 0 Å². The molecule has 0 aromatic heterocycles. The maximum Gasteiger partial charge on any atom is 0.224 e. The van der Waals surface area contributed by atoms with E-state index in [2.05, 4.69) is 5.32 Å². The van der Waals surface area contributed by atoms with Gasteiger partial charge in [-0.3, -0.25) is 4.79 Å². The fourth-order valence-corrected chi connectivity index (χ4v) is 3.27. The number of carbonyl (C=O) groups is 1. The summed E-state index contributed by atoms with van der Waals surface area (Å²) in [5, 5.41) is 3.14. The van der Waals surface area contributed by atoms with Crippen LogP contribution in [0.5, 0.6) is 11.5 Å². The van der Waals surface area contributed by atoms with Crippen molar-refractivity contribution >= 4 is 5.91 Å². The zero-order chi connectivity index (χ0) is 15.4. The van der Waals surface area contributed by atoms with Crippen molar-refractivity contribution in [3.05, 3.63) is 23.8 Å². The predicted octanol–water partition coefficient (Wildman–Crippen LogP) is 1.63. The lowest BCUT2D eigenvalue weighted by Crippen LogP contribution is -2.39. The SMILES string of the molecule is NCC1CCC(NC(=O)Cc2cccc3c2OCCO3)CC1. The predicted molar refractivity (Wildman–Crippen MR) is 84.1 cm³/mol. The number of amides is 1. The number of rotatable bonds is 4. The largest absolute Gasteiger partial charge is 0.486 e. The van der Waals surface area contributed by atoms with E-state index in [9.17, 15) is 4.79 Å².